The molecular weight excluding hydrogens is 444 g/mol. The summed E-state index contributed by atoms with van der Waals surface area (Å²) in [6, 6.07) is 6.21. The molecule has 10 heteroatoms. The van der Waals surface area contributed by atoms with Crippen LogP contribution in [-0.4, -0.2) is 34.6 Å². The molecule has 32 heavy (non-hydrogen) atoms. The Morgan fingerprint density at radius 1 is 1.28 bits per heavy atom. The Balaban J connectivity index is 1.61. The van der Waals surface area contributed by atoms with Crippen LogP contribution in [0.15, 0.2) is 42.5 Å². The van der Waals surface area contributed by atoms with Crippen LogP contribution in [0.1, 0.15) is 44.0 Å². The maximum atomic E-state index is 14.7. The third-order valence-electron chi connectivity index (χ3n) is 5.06. The number of hydrogen-bond donors (Lipinski definition) is 2. The van der Waals surface area contributed by atoms with Gasteiger partial charge in [0.05, 0.1) is 4.11 Å². The van der Waals surface area contributed by atoms with Gasteiger partial charge < -0.3 is 10.2 Å². The minimum Gasteiger partial charge on any atom is -0.346 e. The fraction of sp³-hybridized carbons (Fsp3) is 0.273. The maximum Gasteiger partial charge on any atom is 0.349 e. The van der Waals surface area contributed by atoms with Gasteiger partial charge in [-0.3, -0.25) is 24.5 Å². The van der Waals surface area contributed by atoms with Gasteiger partial charge in [-0.1, -0.05) is 35.9 Å². The molecule has 0 saturated carbocycles. The van der Waals surface area contributed by atoms with E-state index in [1.165, 1.54) is 0 Å². The number of halogens is 3. The Bertz CT molecular complexity index is 1280. The molecule has 2 aromatic carbocycles. The van der Waals surface area contributed by atoms with E-state index >= 15 is 0 Å². The molecule has 0 aromatic heterocycles. The molecule has 2 aromatic rings. The zero-order valence-corrected chi connectivity index (χ0v) is 17.0. The lowest BCUT2D eigenvalue weighted by Crippen LogP contribution is -2.52. The van der Waals surface area contributed by atoms with Crippen molar-refractivity contribution in [1.82, 2.24) is 15.5 Å². The SMILES string of the molecule is [2H]C(c1ccc2c(c1)C([2H])([2H])N(C1CCC(=O)NC1=O)C2=O)N([2H])C(=O)C(F)(F)c1ccc(Cl)cc1. The van der Waals surface area contributed by atoms with E-state index in [4.69, 9.17) is 17.1 Å². The third kappa shape index (κ3) is 4.08. The largest absolute Gasteiger partial charge is 0.349 e. The number of fused-ring (bicyclic) bond motifs is 1. The molecule has 2 aliphatic rings. The first-order valence-electron chi connectivity index (χ1n) is 11.5. The van der Waals surface area contributed by atoms with Crippen molar-refractivity contribution in [3.8, 4) is 0 Å². The number of carbonyl (C=O) groups is 4. The van der Waals surface area contributed by atoms with Gasteiger partial charge in [-0.25, -0.2) is 0 Å². The molecule has 0 aliphatic carbocycles. The predicted molar refractivity (Wildman–Crippen MR) is 110 cm³/mol. The van der Waals surface area contributed by atoms with Crippen LogP contribution in [0, 0.1) is 0 Å². The second-order valence-electron chi connectivity index (χ2n) is 7.20. The van der Waals surface area contributed by atoms with E-state index in [-0.39, 0.29) is 39.9 Å². The summed E-state index contributed by atoms with van der Waals surface area (Å²) in [6.07, 6.45) is -0.184. The summed E-state index contributed by atoms with van der Waals surface area (Å²) in [6.45, 7) is -4.54. The molecule has 7 nitrogen and oxygen atoms in total. The molecular formula is C22H18ClF2N3O4. The standard InChI is InChI=1S/C22H18ClF2N3O4/c23-15-4-2-14(3-5-15)22(24,25)21(32)26-10-12-1-6-16-13(9-12)11-28(20(16)31)17-7-8-18(29)27-19(17)30/h1-6,9,17H,7-8,10-11H2,(H,26,32)(H,27,29,30)/i10D,11D2/hD. The van der Waals surface area contributed by atoms with E-state index in [1.54, 1.807) is 0 Å². The number of benzene rings is 2. The number of amides is 4. The highest BCUT2D eigenvalue weighted by atomic mass is 35.5. The van der Waals surface area contributed by atoms with Crippen LogP contribution in [0.25, 0.3) is 0 Å². The predicted octanol–water partition coefficient (Wildman–Crippen LogP) is 2.51. The van der Waals surface area contributed by atoms with Gasteiger partial charge in [0.25, 0.3) is 11.8 Å². The van der Waals surface area contributed by atoms with E-state index < -0.39 is 54.2 Å². The summed E-state index contributed by atoms with van der Waals surface area (Å²) in [7, 11) is 0. The van der Waals surface area contributed by atoms with Crippen molar-refractivity contribution < 1.29 is 33.5 Å². The molecule has 2 heterocycles. The van der Waals surface area contributed by atoms with Gasteiger partial charge in [-0.05, 0) is 35.7 Å². The van der Waals surface area contributed by atoms with Crippen molar-refractivity contribution in [3.05, 3.63) is 69.7 Å². The lowest BCUT2D eigenvalue weighted by molar-refractivity contribution is -0.147. The van der Waals surface area contributed by atoms with Crippen molar-refractivity contribution in [3.63, 3.8) is 0 Å². The Labute approximate surface area is 192 Å². The number of nitrogens with zero attached hydrogens (tertiary/aromatic N) is 1. The van der Waals surface area contributed by atoms with E-state index in [9.17, 15) is 28.0 Å². The zero-order valence-electron chi connectivity index (χ0n) is 20.3. The van der Waals surface area contributed by atoms with Gasteiger partial charge in [-0.15, -0.1) is 0 Å². The van der Waals surface area contributed by atoms with Crippen LogP contribution >= 0.6 is 11.6 Å². The van der Waals surface area contributed by atoms with Crippen molar-refractivity contribution in [1.29, 1.82) is 0 Å². The van der Waals surface area contributed by atoms with E-state index in [0.29, 0.717) is 4.90 Å². The Hall–Kier alpha value is -3.33. The molecule has 0 spiro atoms. The van der Waals surface area contributed by atoms with Gasteiger partial charge in [-0.2, -0.15) is 8.78 Å². The molecule has 4 amide bonds. The Morgan fingerprint density at radius 2 is 2.00 bits per heavy atom. The summed E-state index contributed by atoms with van der Waals surface area (Å²) >= 11 is 5.69. The normalized spacial score (nSPS) is 22.8. The average Bonchev–Trinajstić information content (AvgIpc) is 3.03. The lowest BCUT2D eigenvalue weighted by Gasteiger charge is -2.29. The minimum atomic E-state index is -4.14. The average molecular weight is 466 g/mol. The molecule has 1 saturated heterocycles. The number of rotatable bonds is 5. The fourth-order valence-electron chi connectivity index (χ4n) is 3.38. The zero-order chi connectivity index (χ0) is 26.6. The van der Waals surface area contributed by atoms with Crippen LogP contribution in [-0.2, 0) is 33.3 Å². The molecule has 2 N–H and O–H groups in total. The minimum absolute atomic E-state index is 0.0907. The quantitative estimate of drug-likeness (QED) is 0.663. The smallest absolute Gasteiger partial charge is 0.346 e. The Morgan fingerprint density at radius 3 is 2.69 bits per heavy atom. The molecule has 166 valence electrons. The number of alkyl halides is 2. The second kappa shape index (κ2) is 8.31. The van der Waals surface area contributed by atoms with Gasteiger partial charge in [0.2, 0.25) is 11.8 Å². The maximum absolute atomic E-state index is 14.7. The van der Waals surface area contributed by atoms with Crippen LogP contribution in [0.2, 0.25) is 6.43 Å². The van der Waals surface area contributed by atoms with E-state index in [1.807, 2.05) is 0 Å². The van der Waals surface area contributed by atoms with Crippen molar-refractivity contribution in [2.24, 2.45) is 0 Å². The molecule has 2 aliphatic heterocycles. The summed E-state index contributed by atoms with van der Waals surface area (Å²) in [5.74, 6) is -8.34. The van der Waals surface area contributed by atoms with E-state index in [0.717, 1.165) is 42.5 Å². The molecule has 0 radical (unpaired) electrons. The number of carbonyl (C=O) groups excluding carboxylic acids is 4. The number of piperidine rings is 1. The summed E-state index contributed by atoms with van der Waals surface area (Å²) in [4.78, 5) is 49.8. The van der Waals surface area contributed by atoms with Crippen LogP contribution in [0.3, 0.4) is 0 Å². The monoisotopic (exact) mass is 465 g/mol. The highest BCUT2D eigenvalue weighted by Gasteiger charge is 2.41. The van der Waals surface area contributed by atoms with E-state index in [2.05, 4.69) is 5.32 Å². The Kier molecular flexibility index (Phi) is 4.48. The van der Waals surface area contributed by atoms with Crippen LogP contribution < -0.4 is 10.6 Å². The highest BCUT2D eigenvalue weighted by Crippen LogP contribution is 2.30. The van der Waals surface area contributed by atoms with Crippen molar-refractivity contribution in [2.45, 2.75) is 37.8 Å². The fourth-order valence-corrected chi connectivity index (χ4v) is 3.50. The molecule has 2 atom stereocenters. The first-order chi connectivity index (χ1) is 16.8. The van der Waals surface area contributed by atoms with Crippen molar-refractivity contribution in [2.75, 3.05) is 0 Å². The number of hydrogen-bond acceptors (Lipinski definition) is 4. The number of imide groups is 1. The first-order valence-corrected chi connectivity index (χ1v) is 9.85. The van der Waals surface area contributed by atoms with Gasteiger partial charge in [0.15, 0.2) is 1.41 Å². The van der Waals surface area contributed by atoms with Gasteiger partial charge in [0, 0.05) is 35.6 Å². The summed E-state index contributed by atoms with van der Waals surface area (Å²) in [5, 5.41) is 1.99. The third-order valence-corrected chi connectivity index (χ3v) is 5.31. The lowest BCUT2D eigenvalue weighted by atomic mass is 10.0. The summed E-state index contributed by atoms with van der Waals surface area (Å²) < 4.78 is 62.5. The molecule has 0 bridgehead atoms. The van der Waals surface area contributed by atoms with Crippen LogP contribution in [0.5, 0.6) is 0 Å². The molecule has 1 fully saturated rings. The molecule has 4 rings (SSSR count). The summed E-state index contributed by atoms with van der Waals surface area (Å²) in [5.41, 5.74) is -1.31. The second-order valence-corrected chi connectivity index (χ2v) is 7.64. The highest BCUT2D eigenvalue weighted by molar-refractivity contribution is 6.30. The number of nitrogens with one attached hydrogen (secondary N) is 2. The van der Waals surface area contributed by atoms with Crippen molar-refractivity contribution >= 4 is 35.2 Å². The van der Waals surface area contributed by atoms with Crippen LogP contribution in [0.4, 0.5) is 8.78 Å². The first kappa shape index (κ1) is 17.3. The topological polar surface area (TPSA) is 95.6 Å². The van der Waals surface area contributed by atoms with Gasteiger partial charge >= 0.3 is 5.92 Å². The van der Waals surface area contributed by atoms with Gasteiger partial charge in [0.1, 0.15) is 6.04 Å². The molecule has 2 unspecified atom stereocenters.